The molecule has 1 heterocycles. The van der Waals surface area contributed by atoms with Crippen molar-refractivity contribution >= 4 is 0 Å². The molecule has 27 heavy (non-hydrogen) atoms. The van der Waals surface area contributed by atoms with E-state index in [2.05, 4.69) is 89.6 Å². The topological polar surface area (TPSA) is 6.48 Å². The van der Waals surface area contributed by atoms with Crippen molar-refractivity contribution < 1.29 is 0 Å². The first-order valence-electron chi connectivity index (χ1n) is 11.1. The van der Waals surface area contributed by atoms with Crippen LogP contribution in [0, 0.1) is 0 Å². The van der Waals surface area contributed by atoms with Crippen LogP contribution in [-0.2, 0) is 0 Å². The molecule has 1 unspecified atom stereocenters. The first-order chi connectivity index (χ1) is 12.8. The molecule has 1 atom stereocenters. The second-order valence-corrected chi connectivity index (χ2v) is 8.41. The third-order valence-electron chi connectivity index (χ3n) is 5.59. The number of allylic oxidation sites excluding steroid dienone is 2. The average Bonchev–Trinajstić information content (AvgIpc) is 2.89. The molecule has 1 aliphatic rings. The molecule has 0 bridgehead atoms. The summed E-state index contributed by atoms with van der Waals surface area (Å²) in [5.74, 6) is 0.659. The van der Waals surface area contributed by atoms with Gasteiger partial charge in [0, 0.05) is 24.5 Å². The van der Waals surface area contributed by atoms with Crippen molar-refractivity contribution in [2.24, 2.45) is 0 Å². The summed E-state index contributed by atoms with van der Waals surface area (Å²) in [6.45, 7) is 16.0. The van der Waals surface area contributed by atoms with Gasteiger partial charge in [0.05, 0.1) is 6.17 Å². The van der Waals surface area contributed by atoms with Gasteiger partial charge in [0.25, 0.3) is 0 Å². The number of benzene rings is 1. The fourth-order valence-corrected chi connectivity index (χ4v) is 3.85. The fourth-order valence-electron chi connectivity index (χ4n) is 3.85. The molecule has 2 rings (SSSR count). The van der Waals surface area contributed by atoms with Crippen LogP contribution in [0.2, 0.25) is 0 Å². The summed E-state index contributed by atoms with van der Waals surface area (Å²) in [6.07, 6.45) is 8.23. The Hall–Kier alpha value is -1.44. The van der Waals surface area contributed by atoms with E-state index < -0.39 is 0 Å². The summed E-state index contributed by atoms with van der Waals surface area (Å²) in [4.78, 5) is 5.13. The normalized spacial score (nSPS) is 17.0. The van der Waals surface area contributed by atoms with Gasteiger partial charge in [-0.05, 0) is 57.9 Å². The van der Waals surface area contributed by atoms with Gasteiger partial charge in [-0.1, -0.05) is 70.9 Å². The molecule has 0 amide bonds. The summed E-state index contributed by atoms with van der Waals surface area (Å²) in [5.41, 5.74) is 4.64. The van der Waals surface area contributed by atoms with Crippen LogP contribution >= 0.6 is 0 Å². The van der Waals surface area contributed by atoms with Crippen LogP contribution < -0.4 is 0 Å². The highest BCUT2D eigenvalue weighted by molar-refractivity contribution is 5.20. The van der Waals surface area contributed by atoms with Crippen molar-refractivity contribution in [1.82, 2.24) is 9.80 Å². The molecule has 0 saturated carbocycles. The zero-order valence-corrected chi connectivity index (χ0v) is 19.3. The first kappa shape index (κ1) is 23.6. The number of rotatable bonds is 8. The highest BCUT2D eigenvalue weighted by Gasteiger charge is 2.33. The molecule has 0 saturated heterocycles. The second kappa shape index (κ2) is 12.1. The van der Waals surface area contributed by atoms with Gasteiger partial charge in [-0.25, -0.2) is 0 Å². The number of unbranched alkanes of at least 4 members (excludes halogenated alkanes) is 2. The summed E-state index contributed by atoms with van der Waals surface area (Å²) in [6, 6.07) is 11.1. The monoisotopic (exact) mass is 372 g/mol. The summed E-state index contributed by atoms with van der Waals surface area (Å²) >= 11 is 0. The van der Waals surface area contributed by atoms with Crippen molar-refractivity contribution in [3.63, 3.8) is 0 Å². The highest BCUT2D eigenvalue weighted by Crippen LogP contribution is 2.35. The Bertz CT molecular complexity index is 545. The molecular weight excluding hydrogens is 328 g/mol. The molecule has 0 N–H and O–H groups in total. The van der Waals surface area contributed by atoms with Crippen molar-refractivity contribution in [1.29, 1.82) is 0 Å². The van der Waals surface area contributed by atoms with Crippen molar-refractivity contribution in [3.05, 3.63) is 47.3 Å². The maximum Gasteiger partial charge on any atom is 0.0982 e. The summed E-state index contributed by atoms with van der Waals surface area (Å²) in [5, 5.41) is 0. The van der Waals surface area contributed by atoms with Crippen LogP contribution in [0.1, 0.15) is 98.5 Å². The Morgan fingerprint density at radius 2 is 1.37 bits per heavy atom. The molecule has 2 heteroatoms. The molecule has 2 nitrogen and oxygen atoms in total. The molecule has 0 fully saturated rings. The zero-order valence-electron chi connectivity index (χ0n) is 19.3. The van der Waals surface area contributed by atoms with Gasteiger partial charge >= 0.3 is 0 Å². The lowest BCUT2D eigenvalue weighted by Gasteiger charge is -2.33. The van der Waals surface area contributed by atoms with Crippen molar-refractivity contribution in [2.45, 2.75) is 105 Å². The predicted molar refractivity (Wildman–Crippen MR) is 121 cm³/mol. The largest absolute Gasteiger partial charge is 0.356 e. The molecule has 0 aliphatic carbocycles. The van der Waals surface area contributed by atoms with Crippen LogP contribution in [0.5, 0.6) is 0 Å². The molecule has 0 aromatic heterocycles. The summed E-state index contributed by atoms with van der Waals surface area (Å²) < 4.78 is 0. The first-order valence-corrected chi connectivity index (χ1v) is 11.1. The standard InChI is InChI=1S/C16H32N2.C9H12/c1-7-9-11-15-16(12-10-8-2)18(13(3)4)14(5)17(15)6;1-8(2)9-6-4-3-5-7-9/h13-14H,7-12H2,1-6H3;3-8H,1-2H3. The van der Waals surface area contributed by atoms with Crippen molar-refractivity contribution in [2.75, 3.05) is 7.05 Å². The van der Waals surface area contributed by atoms with Gasteiger partial charge < -0.3 is 9.80 Å². The van der Waals surface area contributed by atoms with Gasteiger partial charge in [-0.2, -0.15) is 0 Å². The lowest BCUT2D eigenvalue weighted by atomic mass is 10.0. The Morgan fingerprint density at radius 3 is 1.78 bits per heavy atom. The Morgan fingerprint density at radius 1 is 0.852 bits per heavy atom. The van der Waals surface area contributed by atoms with Crippen LogP contribution in [0.3, 0.4) is 0 Å². The lowest BCUT2D eigenvalue weighted by molar-refractivity contribution is 0.143. The van der Waals surface area contributed by atoms with E-state index in [4.69, 9.17) is 0 Å². The molecule has 1 aliphatic heterocycles. The van der Waals surface area contributed by atoms with E-state index >= 15 is 0 Å². The van der Waals surface area contributed by atoms with Gasteiger partial charge in [0.15, 0.2) is 0 Å². The Labute approximate surface area is 169 Å². The predicted octanol–water partition coefficient (Wildman–Crippen LogP) is 7.39. The maximum atomic E-state index is 2.63. The van der Waals surface area contributed by atoms with Gasteiger partial charge in [-0.3, -0.25) is 0 Å². The fraction of sp³-hybridized carbons (Fsp3) is 0.680. The molecule has 0 radical (unpaired) electrons. The second-order valence-electron chi connectivity index (χ2n) is 8.41. The van der Waals surface area contributed by atoms with Gasteiger partial charge in [-0.15, -0.1) is 0 Å². The number of hydrogen-bond donors (Lipinski definition) is 0. The average molecular weight is 373 g/mol. The minimum Gasteiger partial charge on any atom is -0.356 e. The maximum absolute atomic E-state index is 2.63. The summed E-state index contributed by atoms with van der Waals surface area (Å²) in [7, 11) is 2.27. The molecule has 1 aromatic carbocycles. The smallest absolute Gasteiger partial charge is 0.0982 e. The third kappa shape index (κ3) is 6.90. The minimum atomic E-state index is 0.531. The molecule has 154 valence electrons. The number of hydrogen-bond acceptors (Lipinski definition) is 2. The van der Waals surface area contributed by atoms with E-state index in [1.807, 2.05) is 6.07 Å². The lowest BCUT2D eigenvalue weighted by Crippen LogP contribution is -2.40. The van der Waals surface area contributed by atoms with Crippen molar-refractivity contribution in [3.8, 4) is 0 Å². The van der Waals surface area contributed by atoms with Crippen LogP contribution in [0.25, 0.3) is 0 Å². The van der Waals surface area contributed by atoms with Crippen LogP contribution in [0.15, 0.2) is 41.7 Å². The van der Waals surface area contributed by atoms with E-state index in [0.29, 0.717) is 18.1 Å². The van der Waals surface area contributed by atoms with Crippen LogP contribution in [-0.4, -0.2) is 29.1 Å². The van der Waals surface area contributed by atoms with Gasteiger partial charge in [0.1, 0.15) is 0 Å². The van der Waals surface area contributed by atoms with Crippen LogP contribution in [0.4, 0.5) is 0 Å². The highest BCUT2D eigenvalue weighted by atomic mass is 15.4. The quantitative estimate of drug-likeness (QED) is 0.469. The Balaban J connectivity index is 0.000000337. The number of nitrogens with zero attached hydrogens (tertiary/aromatic N) is 2. The molecule has 1 aromatic rings. The molecule has 0 spiro atoms. The zero-order chi connectivity index (χ0) is 20.4. The third-order valence-corrected chi connectivity index (χ3v) is 5.59. The van der Waals surface area contributed by atoms with E-state index in [-0.39, 0.29) is 0 Å². The minimum absolute atomic E-state index is 0.531. The van der Waals surface area contributed by atoms with E-state index in [9.17, 15) is 0 Å². The van der Waals surface area contributed by atoms with Gasteiger partial charge in [0.2, 0.25) is 0 Å². The SMILES string of the molecule is CC(C)c1ccccc1.CCCCC1=C(CCCC)N(C(C)C)C(C)N1C. The Kier molecular flexibility index (Phi) is 10.6. The van der Waals surface area contributed by atoms with E-state index in [1.54, 1.807) is 11.4 Å². The molecular formula is C25H44N2. The van der Waals surface area contributed by atoms with E-state index in [0.717, 1.165) is 0 Å². The van der Waals surface area contributed by atoms with E-state index in [1.165, 1.54) is 44.1 Å².